The molecule has 0 bridgehead atoms. The Morgan fingerprint density at radius 3 is 2.09 bits per heavy atom. The summed E-state index contributed by atoms with van der Waals surface area (Å²) in [6.45, 7) is 9.26. The SMILES string of the molecule is CCOC(=O)c1sc(NC(=O)CSCC(=O)Nc2ccc(C)c(C)c2)c(C(=O)OCC)c1C. The highest BCUT2D eigenvalue weighted by Gasteiger charge is 2.27. The van der Waals surface area contributed by atoms with Gasteiger partial charge in [-0.25, -0.2) is 9.59 Å². The van der Waals surface area contributed by atoms with Gasteiger partial charge in [0.1, 0.15) is 9.88 Å². The smallest absolute Gasteiger partial charge is 0.348 e. The monoisotopic (exact) mass is 492 g/mol. The Labute approximate surface area is 201 Å². The van der Waals surface area contributed by atoms with Crippen LogP contribution in [0.3, 0.4) is 0 Å². The number of hydrogen-bond donors (Lipinski definition) is 2. The number of nitrogens with one attached hydrogen (secondary N) is 2. The largest absolute Gasteiger partial charge is 0.462 e. The molecule has 0 aliphatic rings. The van der Waals surface area contributed by atoms with Crippen LogP contribution in [0.25, 0.3) is 0 Å². The number of thioether (sulfide) groups is 1. The number of esters is 2. The summed E-state index contributed by atoms with van der Waals surface area (Å²) in [5, 5.41) is 5.69. The first-order valence-electron chi connectivity index (χ1n) is 10.4. The van der Waals surface area contributed by atoms with E-state index in [-0.39, 0.29) is 46.1 Å². The molecule has 2 rings (SSSR count). The van der Waals surface area contributed by atoms with Gasteiger partial charge in [0.25, 0.3) is 0 Å². The molecule has 0 saturated carbocycles. The van der Waals surface area contributed by atoms with Crippen LogP contribution in [-0.2, 0) is 19.1 Å². The molecule has 10 heteroatoms. The first-order valence-corrected chi connectivity index (χ1v) is 12.4. The van der Waals surface area contributed by atoms with E-state index in [2.05, 4.69) is 10.6 Å². The van der Waals surface area contributed by atoms with E-state index in [1.807, 2.05) is 32.0 Å². The highest BCUT2D eigenvalue weighted by molar-refractivity contribution is 8.00. The molecular formula is C23H28N2O6S2. The lowest BCUT2D eigenvalue weighted by molar-refractivity contribution is -0.114. The molecule has 178 valence electrons. The standard InChI is InChI=1S/C23H28N2O6S2/c1-6-30-22(28)19-15(5)20(23(29)31-7-2)33-21(19)25-18(27)12-32-11-17(26)24-16-9-8-13(3)14(4)10-16/h8-10H,6-7,11-12H2,1-5H3,(H,24,26)(H,25,27). The van der Waals surface area contributed by atoms with Crippen LogP contribution in [0.15, 0.2) is 18.2 Å². The van der Waals surface area contributed by atoms with Gasteiger partial charge in [-0.05, 0) is 63.4 Å². The Morgan fingerprint density at radius 2 is 1.48 bits per heavy atom. The Morgan fingerprint density at radius 1 is 0.879 bits per heavy atom. The van der Waals surface area contributed by atoms with Crippen LogP contribution in [0.5, 0.6) is 0 Å². The fourth-order valence-corrected chi connectivity index (χ4v) is 4.58. The average molecular weight is 493 g/mol. The number of thiophene rings is 1. The third-order valence-corrected chi connectivity index (χ3v) is 6.72. The molecule has 0 unspecified atom stereocenters. The number of benzene rings is 1. The van der Waals surface area contributed by atoms with Gasteiger partial charge in [0.05, 0.1) is 30.3 Å². The second kappa shape index (κ2) is 12.4. The quantitative estimate of drug-likeness (QED) is 0.475. The molecule has 8 nitrogen and oxygen atoms in total. The van der Waals surface area contributed by atoms with Crippen molar-refractivity contribution < 1.29 is 28.7 Å². The Bertz CT molecular complexity index is 1050. The Kier molecular flexibility index (Phi) is 9.93. The first-order chi connectivity index (χ1) is 15.7. The van der Waals surface area contributed by atoms with Crippen LogP contribution in [0.1, 0.15) is 50.6 Å². The Balaban J connectivity index is 1.99. The summed E-state index contributed by atoms with van der Waals surface area (Å²) in [6.07, 6.45) is 0. The molecule has 2 aromatic rings. The number of carbonyl (C=O) groups excluding carboxylic acids is 4. The van der Waals surface area contributed by atoms with Gasteiger partial charge in [-0.15, -0.1) is 23.1 Å². The molecule has 0 aliphatic heterocycles. The summed E-state index contributed by atoms with van der Waals surface area (Å²) in [4.78, 5) is 49.5. The summed E-state index contributed by atoms with van der Waals surface area (Å²) in [5.74, 6) is -1.74. The van der Waals surface area contributed by atoms with Crippen LogP contribution in [0.4, 0.5) is 10.7 Å². The minimum atomic E-state index is -0.627. The number of amides is 2. The number of anilines is 2. The molecule has 1 aromatic heterocycles. The van der Waals surface area contributed by atoms with Crippen molar-refractivity contribution in [3.8, 4) is 0 Å². The second-order valence-electron chi connectivity index (χ2n) is 7.09. The van der Waals surface area contributed by atoms with Crippen molar-refractivity contribution in [1.82, 2.24) is 0 Å². The fraction of sp³-hybridized carbons (Fsp3) is 0.391. The van der Waals surface area contributed by atoms with Gasteiger partial charge >= 0.3 is 11.9 Å². The van der Waals surface area contributed by atoms with Crippen molar-refractivity contribution in [3.63, 3.8) is 0 Å². The van der Waals surface area contributed by atoms with Crippen molar-refractivity contribution in [1.29, 1.82) is 0 Å². The van der Waals surface area contributed by atoms with Crippen molar-refractivity contribution in [3.05, 3.63) is 45.3 Å². The molecular weight excluding hydrogens is 464 g/mol. The van der Waals surface area contributed by atoms with Gasteiger partial charge in [0, 0.05) is 5.69 Å². The molecule has 0 radical (unpaired) electrons. The van der Waals surface area contributed by atoms with Crippen LogP contribution in [0.2, 0.25) is 0 Å². The molecule has 0 fully saturated rings. The van der Waals surface area contributed by atoms with E-state index in [4.69, 9.17) is 9.47 Å². The minimum absolute atomic E-state index is 0.00566. The van der Waals surface area contributed by atoms with Gasteiger partial charge in [-0.1, -0.05) is 6.07 Å². The van der Waals surface area contributed by atoms with E-state index >= 15 is 0 Å². The van der Waals surface area contributed by atoms with E-state index in [0.717, 1.165) is 34.2 Å². The lowest BCUT2D eigenvalue weighted by Gasteiger charge is -2.08. The highest BCUT2D eigenvalue weighted by Crippen LogP contribution is 2.34. The minimum Gasteiger partial charge on any atom is -0.462 e. The van der Waals surface area contributed by atoms with Crippen LogP contribution >= 0.6 is 23.1 Å². The fourth-order valence-electron chi connectivity index (χ4n) is 2.86. The number of rotatable bonds is 10. The van der Waals surface area contributed by atoms with E-state index < -0.39 is 17.8 Å². The average Bonchev–Trinajstić information content (AvgIpc) is 3.07. The van der Waals surface area contributed by atoms with Crippen LogP contribution < -0.4 is 10.6 Å². The van der Waals surface area contributed by atoms with Crippen LogP contribution in [0, 0.1) is 20.8 Å². The molecule has 0 atom stereocenters. The van der Waals surface area contributed by atoms with Crippen molar-refractivity contribution >= 4 is 57.5 Å². The second-order valence-corrected chi connectivity index (χ2v) is 9.10. The van der Waals surface area contributed by atoms with E-state index in [9.17, 15) is 19.2 Å². The van der Waals surface area contributed by atoms with Gasteiger partial charge < -0.3 is 20.1 Å². The van der Waals surface area contributed by atoms with E-state index in [0.29, 0.717) is 11.3 Å². The van der Waals surface area contributed by atoms with Crippen molar-refractivity contribution in [2.24, 2.45) is 0 Å². The van der Waals surface area contributed by atoms with Gasteiger partial charge in [0.2, 0.25) is 11.8 Å². The van der Waals surface area contributed by atoms with Crippen molar-refractivity contribution in [2.75, 3.05) is 35.4 Å². The van der Waals surface area contributed by atoms with Gasteiger partial charge in [-0.3, -0.25) is 9.59 Å². The molecule has 0 saturated heterocycles. The molecule has 2 N–H and O–H groups in total. The molecule has 2 amide bonds. The summed E-state index contributed by atoms with van der Waals surface area (Å²) in [7, 11) is 0. The summed E-state index contributed by atoms with van der Waals surface area (Å²) >= 11 is 2.10. The summed E-state index contributed by atoms with van der Waals surface area (Å²) in [5.41, 5.74) is 3.44. The van der Waals surface area contributed by atoms with Crippen molar-refractivity contribution in [2.45, 2.75) is 34.6 Å². The highest BCUT2D eigenvalue weighted by atomic mass is 32.2. The normalized spacial score (nSPS) is 10.5. The first kappa shape index (κ1) is 26.4. The van der Waals surface area contributed by atoms with E-state index in [1.54, 1.807) is 20.8 Å². The zero-order valence-electron chi connectivity index (χ0n) is 19.3. The summed E-state index contributed by atoms with van der Waals surface area (Å²) in [6, 6.07) is 5.65. The topological polar surface area (TPSA) is 111 Å². The molecule has 1 aromatic carbocycles. The predicted molar refractivity (Wildman–Crippen MR) is 131 cm³/mol. The zero-order chi connectivity index (χ0) is 24.5. The maximum absolute atomic E-state index is 12.5. The third-order valence-electron chi connectivity index (χ3n) is 4.60. The third kappa shape index (κ3) is 7.33. The number of aryl methyl sites for hydroxylation is 2. The van der Waals surface area contributed by atoms with E-state index in [1.165, 1.54) is 0 Å². The van der Waals surface area contributed by atoms with Gasteiger partial charge in [0.15, 0.2) is 0 Å². The lowest BCUT2D eigenvalue weighted by Crippen LogP contribution is -2.19. The predicted octanol–water partition coefficient (Wildman–Crippen LogP) is 4.34. The molecule has 0 aliphatic carbocycles. The number of hydrogen-bond acceptors (Lipinski definition) is 8. The van der Waals surface area contributed by atoms with Crippen LogP contribution in [-0.4, -0.2) is 48.5 Å². The number of ether oxygens (including phenoxy) is 2. The molecule has 0 spiro atoms. The van der Waals surface area contributed by atoms with Gasteiger partial charge in [-0.2, -0.15) is 0 Å². The zero-order valence-corrected chi connectivity index (χ0v) is 21.0. The lowest BCUT2D eigenvalue weighted by atomic mass is 10.1. The Hall–Kier alpha value is -2.85. The summed E-state index contributed by atoms with van der Waals surface area (Å²) < 4.78 is 10.1. The molecule has 33 heavy (non-hydrogen) atoms. The molecule has 1 heterocycles. The maximum atomic E-state index is 12.5. The maximum Gasteiger partial charge on any atom is 0.348 e. The number of carbonyl (C=O) groups is 4.